The SMILES string of the molecule is CCNC(c1ccc(OC)cc1F)C(OCC)OCC. The van der Waals surface area contributed by atoms with Crippen LogP contribution in [0.3, 0.4) is 0 Å². The largest absolute Gasteiger partial charge is 0.497 e. The Morgan fingerprint density at radius 2 is 1.80 bits per heavy atom. The lowest BCUT2D eigenvalue weighted by atomic mass is 10.1. The lowest BCUT2D eigenvalue weighted by Gasteiger charge is -2.28. The summed E-state index contributed by atoms with van der Waals surface area (Å²) in [7, 11) is 1.51. The maximum absolute atomic E-state index is 14.2. The molecule has 1 aromatic rings. The van der Waals surface area contributed by atoms with E-state index in [0.29, 0.717) is 31.1 Å². The van der Waals surface area contributed by atoms with Crippen molar-refractivity contribution in [3.05, 3.63) is 29.6 Å². The highest BCUT2D eigenvalue weighted by Crippen LogP contribution is 2.26. The molecule has 0 aliphatic heterocycles. The minimum atomic E-state index is -0.521. The van der Waals surface area contributed by atoms with E-state index >= 15 is 0 Å². The molecule has 4 nitrogen and oxygen atoms in total. The maximum atomic E-state index is 14.2. The fourth-order valence-corrected chi connectivity index (χ4v) is 2.03. The lowest BCUT2D eigenvalue weighted by molar-refractivity contribution is -0.155. The van der Waals surface area contributed by atoms with Gasteiger partial charge < -0.3 is 19.5 Å². The van der Waals surface area contributed by atoms with Crippen LogP contribution in [-0.2, 0) is 9.47 Å². The molecular weight excluding hydrogens is 261 g/mol. The van der Waals surface area contributed by atoms with Crippen molar-refractivity contribution in [2.45, 2.75) is 33.1 Å². The highest BCUT2D eigenvalue weighted by atomic mass is 19.1. The molecule has 0 amide bonds. The van der Waals surface area contributed by atoms with Crippen LogP contribution in [0, 0.1) is 5.82 Å². The van der Waals surface area contributed by atoms with Gasteiger partial charge in [-0.05, 0) is 26.5 Å². The van der Waals surface area contributed by atoms with Crippen molar-refractivity contribution in [2.24, 2.45) is 0 Å². The number of rotatable bonds is 9. The summed E-state index contributed by atoms with van der Waals surface area (Å²) in [5.74, 6) is 0.158. The molecule has 1 aromatic carbocycles. The Bertz CT molecular complexity index is 395. The van der Waals surface area contributed by atoms with Crippen molar-refractivity contribution in [3.8, 4) is 5.75 Å². The smallest absolute Gasteiger partial charge is 0.176 e. The predicted molar refractivity (Wildman–Crippen MR) is 76.4 cm³/mol. The number of nitrogens with one attached hydrogen (secondary N) is 1. The Balaban J connectivity index is 3.04. The Kier molecular flexibility index (Phi) is 7.51. The quantitative estimate of drug-likeness (QED) is 0.708. The van der Waals surface area contributed by atoms with Gasteiger partial charge in [0, 0.05) is 24.8 Å². The predicted octanol–water partition coefficient (Wildman–Crippen LogP) is 2.88. The van der Waals surface area contributed by atoms with Gasteiger partial charge in [-0.25, -0.2) is 4.39 Å². The van der Waals surface area contributed by atoms with Crippen molar-refractivity contribution in [1.82, 2.24) is 5.32 Å². The first kappa shape index (κ1) is 16.9. The normalized spacial score (nSPS) is 12.7. The second-order valence-electron chi connectivity index (χ2n) is 4.20. The van der Waals surface area contributed by atoms with Gasteiger partial charge in [-0.2, -0.15) is 0 Å². The summed E-state index contributed by atoms with van der Waals surface area (Å²) in [6.45, 7) is 7.43. The molecule has 20 heavy (non-hydrogen) atoms. The number of hydrogen-bond acceptors (Lipinski definition) is 4. The molecule has 0 heterocycles. The molecule has 1 unspecified atom stereocenters. The minimum absolute atomic E-state index is 0.334. The summed E-state index contributed by atoms with van der Waals surface area (Å²) in [4.78, 5) is 0. The van der Waals surface area contributed by atoms with E-state index in [1.165, 1.54) is 13.2 Å². The van der Waals surface area contributed by atoms with Gasteiger partial charge in [0.1, 0.15) is 11.6 Å². The zero-order valence-corrected chi connectivity index (χ0v) is 12.6. The topological polar surface area (TPSA) is 39.7 Å². The third kappa shape index (κ3) is 4.44. The Hall–Kier alpha value is -1.17. The van der Waals surface area contributed by atoms with Crippen LogP contribution < -0.4 is 10.1 Å². The number of likely N-dealkylation sites (N-methyl/N-ethyl adjacent to an activating group) is 1. The van der Waals surface area contributed by atoms with Gasteiger partial charge in [-0.15, -0.1) is 0 Å². The van der Waals surface area contributed by atoms with Gasteiger partial charge in [0.15, 0.2) is 6.29 Å². The van der Waals surface area contributed by atoms with Crippen LogP contribution in [0.1, 0.15) is 32.4 Å². The summed E-state index contributed by atoms with van der Waals surface area (Å²) in [5.41, 5.74) is 0.513. The van der Waals surface area contributed by atoms with E-state index in [-0.39, 0.29) is 11.9 Å². The van der Waals surface area contributed by atoms with E-state index in [0.717, 1.165) is 0 Å². The summed E-state index contributed by atoms with van der Waals surface area (Å²) >= 11 is 0. The van der Waals surface area contributed by atoms with Crippen LogP contribution in [0.2, 0.25) is 0 Å². The maximum Gasteiger partial charge on any atom is 0.176 e. The monoisotopic (exact) mass is 285 g/mol. The highest BCUT2D eigenvalue weighted by molar-refractivity contribution is 5.31. The molecule has 0 radical (unpaired) electrons. The second kappa shape index (κ2) is 8.89. The van der Waals surface area contributed by atoms with E-state index in [2.05, 4.69) is 5.32 Å². The average molecular weight is 285 g/mol. The molecule has 1 rings (SSSR count). The fraction of sp³-hybridized carbons (Fsp3) is 0.600. The van der Waals surface area contributed by atoms with E-state index in [9.17, 15) is 4.39 Å². The first-order valence-corrected chi connectivity index (χ1v) is 6.97. The van der Waals surface area contributed by atoms with Crippen molar-refractivity contribution in [3.63, 3.8) is 0 Å². The zero-order valence-electron chi connectivity index (χ0n) is 12.6. The molecule has 0 aliphatic rings. The fourth-order valence-electron chi connectivity index (χ4n) is 2.03. The molecule has 0 aromatic heterocycles. The number of benzene rings is 1. The molecule has 5 heteroatoms. The number of methoxy groups -OCH3 is 1. The molecule has 0 bridgehead atoms. The van der Waals surface area contributed by atoms with Crippen molar-refractivity contribution in [1.29, 1.82) is 0 Å². The molecule has 0 aliphatic carbocycles. The standard InChI is InChI=1S/C15H24FNO3/c1-5-17-14(15(19-6-2)20-7-3)12-9-8-11(18-4)10-13(12)16/h8-10,14-15,17H,5-7H2,1-4H3. The van der Waals surface area contributed by atoms with E-state index in [1.807, 2.05) is 20.8 Å². The van der Waals surface area contributed by atoms with Crippen molar-refractivity contribution in [2.75, 3.05) is 26.9 Å². The summed E-state index contributed by atoms with van der Waals surface area (Å²) in [5, 5.41) is 3.22. The van der Waals surface area contributed by atoms with Crippen LogP contribution in [0.15, 0.2) is 18.2 Å². The van der Waals surface area contributed by atoms with Gasteiger partial charge >= 0.3 is 0 Å². The lowest BCUT2D eigenvalue weighted by Crippen LogP contribution is -2.36. The third-order valence-electron chi connectivity index (χ3n) is 2.90. The van der Waals surface area contributed by atoms with Gasteiger partial charge in [-0.1, -0.05) is 13.0 Å². The molecule has 114 valence electrons. The van der Waals surface area contributed by atoms with E-state index in [4.69, 9.17) is 14.2 Å². The van der Waals surface area contributed by atoms with Crippen LogP contribution in [-0.4, -0.2) is 33.2 Å². The Morgan fingerprint density at radius 3 is 2.25 bits per heavy atom. The average Bonchev–Trinajstić information content (AvgIpc) is 2.45. The molecule has 1 atom stereocenters. The van der Waals surface area contributed by atoms with Crippen LogP contribution in [0.25, 0.3) is 0 Å². The first-order chi connectivity index (χ1) is 9.67. The summed E-state index contributed by atoms with van der Waals surface area (Å²) in [6.07, 6.45) is -0.521. The molecule has 1 N–H and O–H groups in total. The Labute approximate surface area is 120 Å². The zero-order chi connectivity index (χ0) is 15.0. The van der Waals surface area contributed by atoms with Crippen LogP contribution in [0.5, 0.6) is 5.75 Å². The summed E-state index contributed by atoms with van der Waals surface area (Å²) in [6, 6.07) is 4.45. The molecule has 0 spiro atoms. The number of hydrogen-bond donors (Lipinski definition) is 1. The molecule has 0 saturated carbocycles. The van der Waals surface area contributed by atoms with Gasteiger partial charge in [0.05, 0.1) is 13.2 Å². The number of halogens is 1. The minimum Gasteiger partial charge on any atom is -0.497 e. The van der Waals surface area contributed by atoms with Crippen molar-refractivity contribution < 1.29 is 18.6 Å². The summed E-state index contributed by atoms with van der Waals surface area (Å²) < 4.78 is 30.4. The molecular formula is C15H24FNO3. The molecule has 0 saturated heterocycles. The van der Waals surface area contributed by atoms with Crippen molar-refractivity contribution >= 4 is 0 Å². The van der Waals surface area contributed by atoms with Gasteiger partial charge in [0.25, 0.3) is 0 Å². The van der Waals surface area contributed by atoms with E-state index < -0.39 is 6.29 Å². The number of ether oxygens (including phenoxy) is 3. The van der Waals surface area contributed by atoms with Gasteiger partial charge in [-0.3, -0.25) is 0 Å². The van der Waals surface area contributed by atoms with Gasteiger partial charge in [0.2, 0.25) is 0 Å². The highest BCUT2D eigenvalue weighted by Gasteiger charge is 2.26. The van der Waals surface area contributed by atoms with Crippen LogP contribution >= 0.6 is 0 Å². The third-order valence-corrected chi connectivity index (χ3v) is 2.90. The van der Waals surface area contributed by atoms with E-state index in [1.54, 1.807) is 12.1 Å². The first-order valence-electron chi connectivity index (χ1n) is 6.97. The molecule has 0 fully saturated rings. The van der Waals surface area contributed by atoms with Crippen LogP contribution in [0.4, 0.5) is 4.39 Å². The second-order valence-corrected chi connectivity index (χ2v) is 4.20. The Morgan fingerprint density at radius 1 is 1.15 bits per heavy atom.